The highest BCUT2D eigenvalue weighted by molar-refractivity contribution is 9.10. The van der Waals surface area contributed by atoms with Crippen LogP contribution in [-0.2, 0) is 16.4 Å². The predicted octanol–water partition coefficient (Wildman–Crippen LogP) is 5.19. The molecule has 6 nitrogen and oxygen atoms in total. The van der Waals surface area contributed by atoms with Crippen molar-refractivity contribution in [3.05, 3.63) is 51.5 Å². The summed E-state index contributed by atoms with van der Waals surface area (Å²) in [6.07, 6.45) is 5.56. The number of anilines is 1. The lowest BCUT2D eigenvalue weighted by Crippen LogP contribution is -2.36. The largest absolute Gasteiger partial charge is 0.495 e. The van der Waals surface area contributed by atoms with Gasteiger partial charge in [-0.3, -0.25) is 4.79 Å². The highest BCUT2D eigenvalue weighted by atomic mass is 79.9. The van der Waals surface area contributed by atoms with Crippen LogP contribution in [0.15, 0.2) is 39.7 Å². The Labute approximate surface area is 193 Å². The van der Waals surface area contributed by atoms with Crippen LogP contribution in [0.4, 0.5) is 5.69 Å². The number of nitrogens with one attached hydrogen (secondary N) is 2. The van der Waals surface area contributed by atoms with E-state index in [9.17, 15) is 13.2 Å². The molecule has 2 aromatic carbocycles. The molecular weight excluding hydrogens is 480 g/mol. The van der Waals surface area contributed by atoms with E-state index >= 15 is 0 Å². The van der Waals surface area contributed by atoms with E-state index in [1.165, 1.54) is 19.2 Å². The fourth-order valence-electron chi connectivity index (χ4n) is 3.99. The molecule has 8 heteroatoms. The molecule has 0 spiro atoms. The Morgan fingerprint density at radius 3 is 2.52 bits per heavy atom. The van der Waals surface area contributed by atoms with Crippen LogP contribution in [-0.4, -0.2) is 27.5 Å². The molecule has 0 unspecified atom stereocenters. The first-order valence-electron chi connectivity index (χ1n) is 10.6. The number of methoxy groups -OCH3 is 1. The fraction of sp³-hybridized carbons (Fsp3) is 0.435. The maximum atomic E-state index is 13.1. The summed E-state index contributed by atoms with van der Waals surface area (Å²) in [5.74, 6) is -0.147. The summed E-state index contributed by atoms with van der Waals surface area (Å²) in [7, 11) is -2.40. The Morgan fingerprint density at radius 1 is 1.16 bits per heavy atom. The average Bonchev–Trinajstić information content (AvgIpc) is 2.75. The molecule has 1 aliphatic carbocycles. The van der Waals surface area contributed by atoms with Crippen molar-refractivity contribution in [3.63, 3.8) is 0 Å². The summed E-state index contributed by atoms with van der Waals surface area (Å²) in [6.45, 7) is 3.95. The van der Waals surface area contributed by atoms with Crippen molar-refractivity contribution in [3.8, 4) is 5.75 Å². The van der Waals surface area contributed by atoms with Gasteiger partial charge in [0.05, 0.1) is 7.11 Å². The Morgan fingerprint density at radius 2 is 1.87 bits per heavy atom. The Balaban J connectivity index is 1.90. The van der Waals surface area contributed by atoms with Crippen molar-refractivity contribution >= 4 is 37.5 Å². The molecule has 168 valence electrons. The lowest BCUT2D eigenvalue weighted by Gasteiger charge is -2.23. The average molecular weight is 509 g/mol. The van der Waals surface area contributed by atoms with E-state index in [-0.39, 0.29) is 28.2 Å². The minimum absolute atomic E-state index is 0.0172. The zero-order valence-corrected chi connectivity index (χ0v) is 20.5. The van der Waals surface area contributed by atoms with Gasteiger partial charge in [-0.15, -0.1) is 0 Å². The Hall–Kier alpha value is -1.90. The van der Waals surface area contributed by atoms with Crippen molar-refractivity contribution in [2.45, 2.75) is 63.3 Å². The molecule has 1 saturated carbocycles. The molecule has 0 radical (unpaired) electrons. The van der Waals surface area contributed by atoms with Gasteiger partial charge in [0.2, 0.25) is 10.0 Å². The zero-order chi connectivity index (χ0) is 22.6. The summed E-state index contributed by atoms with van der Waals surface area (Å²) in [5, 5.41) is 2.95. The summed E-state index contributed by atoms with van der Waals surface area (Å²) in [6, 6.07) is 8.32. The molecule has 0 aromatic heterocycles. The first-order chi connectivity index (χ1) is 14.7. The summed E-state index contributed by atoms with van der Waals surface area (Å²) in [5.41, 5.74) is 2.94. The van der Waals surface area contributed by atoms with E-state index in [0.717, 1.165) is 59.8 Å². The molecule has 0 atom stereocenters. The number of hydrogen-bond donors (Lipinski definition) is 2. The quantitative estimate of drug-likeness (QED) is 0.538. The van der Waals surface area contributed by atoms with Crippen LogP contribution in [0.25, 0.3) is 0 Å². The van der Waals surface area contributed by atoms with Crippen LogP contribution in [0.1, 0.15) is 60.5 Å². The van der Waals surface area contributed by atoms with E-state index in [4.69, 9.17) is 4.74 Å². The topological polar surface area (TPSA) is 84.5 Å². The van der Waals surface area contributed by atoms with Crippen molar-refractivity contribution in [2.75, 3.05) is 12.4 Å². The standard InChI is InChI=1S/C23H29BrN2O4S/c1-4-16-13-18(24)12-15(2)22(16)25-23(27)17-10-11-20(30-3)21(14-17)31(28,29)26-19-8-6-5-7-9-19/h10-14,19,26H,4-9H2,1-3H3,(H,25,27). The molecule has 0 heterocycles. The van der Waals surface area contributed by atoms with Crippen molar-refractivity contribution in [1.82, 2.24) is 4.72 Å². The monoisotopic (exact) mass is 508 g/mol. The van der Waals surface area contributed by atoms with E-state index in [0.29, 0.717) is 0 Å². The summed E-state index contributed by atoms with van der Waals surface area (Å²) < 4.78 is 35.2. The first-order valence-corrected chi connectivity index (χ1v) is 12.8. The van der Waals surface area contributed by atoms with Crippen LogP contribution in [0, 0.1) is 6.92 Å². The lowest BCUT2D eigenvalue weighted by molar-refractivity contribution is 0.102. The van der Waals surface area contributed by atoms with Crippen molar-refractivity contribution in [1.29, 1.82) is 0 Å². The molecule has 1 fully saturated rings. The number of hydrogen-bond acceptors (Lipinski definition) is 4. The van der Waals surface area contributed by atoms with Crippen molar-refractivity contribution < 1.29 is 17.9 Å². The molecule has 3 rings (SSSR count). The number of amides is 1. The number of ether oxygens (including phenoxy) is 1. The number of rotatable bonds is 7. The molecule has 0 aliphatic heterocycles. The van der Waals surface area contributed by atoms with Crippen molar-refractivity contribution in [2.24, 2.45) is 0 Å². The highest BCUT2D eigenvalue weighted by Gasteiger charge is 2.26. The third-order valence-corrected chi connectivity index (χ3v) is 7.64. The SMILES string of the molecule is CCc1cc(Br)cc(C)c1NC(=O)c1ccc(OC)c(S(=O)(=O)NC2CCCCC2)c1. The zero-order valence-electron chi connectivity index (χ0n) is 18.1. The smallest absolute Gasteiger partial charge is 0.255 e. The first kappa shape index (κ1) is 23.8. The molecule has 31 heavy (non-hydrogen) atoms. The van der Waals surface area contributed by atoms with Gasteiger partial charge in [-0.1, -0.05) is 42.1 Å². The predicted molar refractivity (Wildman–Crippen MR) is 126 cm³/mol. The molecule has 1 amide bonds. The van der Waals surface area contributed by atoms with Crippen LogP contribution in [0.2, 0.25) is 0 Å². The van der Waals surface area contributed by atoms with Crippen LogP contribution < -0.4 is 14.8 Å². The normalized spacial score (nSPS) is 15.0. The van der Waals surface area contributed by atoms with Gasteiger partial charge in [0.25, 0.3) is 5.91 Å². The van der Waals surface area contributed by atoms with E-state index in [1.54, 1.807) is 6.07 Å². The van der Waals surface area contributed by atoms with Gasteiger partial charge in [-0.25, -0.2) is 13.1 Å². The number of carbonyl (C=O) groups excluding carboxylic acids is 1. The molecule has 2 aromatic rings. The highest BCUT2D eigenvalue weighted by Crippen LogP contribution is 2.29. The van der Waals surface area contributed by atoms with Crippen LogP contribution >= 0.6 is 15.9 Å². The second kappa shape index (κ2) is 10.1. The van der Waals surface area contributed by atoms with E-state index < -0.39 is 10.0 Å². The fourth-order valence-corrected chi connectivity index (χ4v) is 6.11. The molecule has 2 N–H and O–H groups in total. The third-order valence-electron chi connectivity index (χ3n) is 5.64. The van der Waals surface area contributed by atoms with Gasteiger partial charge in [0.15, 0.2) is 0 Å². The van der Waals surface area contributed by atoms with Crippen LogP contribution in [0.5, 0.6) is 5.75 Å². The van der Waals surface area contributed by atoms with Gasteiger partial charge in [0.1, 0.15) is 10.6 Å². The van der Waals surface area contributed by atoms with Gasteiger partial charge >= 0.3 is 0 Å². The van der Waals surface area contributed by atoms with E-state index in [1.807, 2.05) is 26.0 Å². The third kappa shape index (κ3) is 5.67. The molecular formula is C23H29BrN2O4S. The maximum absolute atomic E-state index is 13.1. The second-order valence-electron chi connectivity index (χ2n) is 7.89. The van der Waals surface area contributed by atoms with Gasteiger partial charge in [-0.2, -0.15) is 0 Å². The number of aryl methyl sites for hydroxylation is 2. The number of halogens is 1. The van der Waals surface area contributed by atoms with E-state index in [2.05, 4.69) is 26.0 Å². The Bertz CT molecular complexity index is 1060. The number of sulfonamides is 1. The summed E-state index contributed by atoms with van der Waals surface area (Å²) in [4.78, 5) is 13.0. The Kier molecular flexibility index (Phi) is 7.78. The van der Waals surface area contributed by atoms with Gasteiger partial charge in [-0.05, 0) is 67.6 Å². The molecule has 1 aliphatic rings. The minimum atomic E-state index is -3.82. The van der Waals surface area contributed by atoms with Gasteiger partial charge < -0.3 is 10.1 Å². The van der Waals surface area contributed by atoms with Crippen LogP contribution in [0.3, 0.4) is 0 Å². The molecule has 0 saturated heterocycles. The maximum Gasteiger partial charge on any atom is 0.255 e. The molecule has 0 bridgehead atoms. The van der Waals surface area contributed by atoms with Gasteiger partial charge in [0, 0.05) is 21.8 Å². The summed E-state index contributed by atoms with van der Waals surface area (Å²) >= 11 is 3.49. The second-order valence-corrected chi connectivity index (χ2v) is 10.5. The number of carbonyl (C=O) groups is 1. The number of benzene rings is 2. The lowest BCUT2D eigenvalue weighted by atomic mass is 9.96. The minimum Gasteiger partial charge on any atom is -0.495 e.